The van der Waals surface area contributed by atoms with Crippen molar-refractivity contribution in [3.63, 3.8) is 0 Å². The molecule has 1 unspecified atom stereocenters. The van der Waals surface area contributed by atoms with Gasteiger partial charge in [-0.3, -0.25) is 0 Å². The van der Waals surface area contributed by atoms with Crippen LogP contribution in [0.2, 0.25) is 0 Å². The van der Waals surface area contributed by atoms with E-state index in [9.17, 15) is 9.50 Å². The lowest BCUT2D eigenvalue weighted by molar-refractivity contribution is 0.173. The summed E-state index contributed by atoms with van der Waals surface area (Å²) in [7, 11) is 0. The van der Waals surface area contributed by atoms with Crippen LogP contribution in [0.25, 0.3) is 0 Å². The highest BCUT2D eigenvalue weighted by atomic mass is 19.1. The SMILES string of the molecule is Cc1cccc(C)c1CC(O)Cc1ccccc1F. The summed E-state index contributed by atoms with van der Waals surface area (Å²) in [6.07, 6.45) is 0.351. The van der Waals surface area contributed by atoms with Gasteiger partial charge in [-0.15, -0.1) is 0 Å². The Labute approximate surface area is 113 Å². The molecule has 2 rings (SSSR count). The van der Waals surface area contributed by atoms with Crippen LogP contribution in [0, 0.1) is 19.7 Å². The van der Waals surface area contributed by atoms with Crippen molar-refractivity contribution in [1.29, 1.82) is 0 Å². The van der Waals surface area contributed by atoms with Crippen molar-refractivity contribution in [3.8, 4) is 0 Å². The highest BCUT2D eigenvalue weighted by Crippen LogP contribution is 2.18. The van der Waals surface area contributed by atoms with Crippen molar-refractivity contribution in [3.05, 3.63) is 70.5 Å². The maximum Gasteiger partial charge on any atom is 0.126 e. The average molecular weight is 258 g/mol. The molecule has 2 aromatic rings. The van der Waals surface area contributed by atoms with E-state index < -0.39 is 6.10 Å². The second-order valence-electron chi connectivity index (χ2n) is 5.02. The first-order chi connectivity index (χ1) is 9.08. The Morgan fingerprint density at radius 1 is 0.947 bits per heavy atom. The zero-order valence-electron chi connectivity index (χ0n) is 11.4. The normalized spacial score (nSPS) is 12.4. The zero-order valence-corrected chi connectivity index (χ0v) is 11.4. The van der Waals surface area contributed by atoms with E-state index in [0.29, 0.717) is 18.4 Å². The molecular weight excluding hydrogens is 239 g/mol. The molecule has 0 aliphatic carbocycles. The quantitative estimate of drug-likeness (QED) is 0.888. The maximum absolute atomic E-state index is 13.5. The van der Waals surface area contributed by atoms with Crippen LogP contribution in [0.4, 0.5) is 4.39 Å². The fraction of sp³-hybridized carbons (Fsp3) is 0.294. The van der Waals surface area contributed by atoms with Gasteiger partial charge >= 0.3 is 0 Å². The molecule has 0 saturated heterocycles. The van der Waals surface area contributed by atoms with Gasteiger partial charge in [0.2, 0.25) is 0 Å². The molecule has 19 heavy (non-hydrogen) atoms. The summed E-state index contributed by atoms with van der Waals surface area (Å²) in [5.74, 6) is -0.247. The van der Waals surface area contributed by atoms with Crippen molar-refractivity contribution < 1.29 is 9.50 Å². The standard InChI is InChI=1S/C17H19FO/c1-12-6-5-7-13(2)16(12)11-15(19)10-14-8-3-4-9-17(14)18/h3-9,15,19H,10-11H2,1-2H3. The Bertz CT molecular complexity index is 543. The Morgan fingerprint density at radius 3 is 2.21 bits per heavy atom. The molecule has 1 atom stereocenters. The lowest BCUT2D eigenvalue weighted by Crippen LogP contribution is -2.16. The third-order valence-corrected chi connectivity index (χ3v) is 3.50. The van der Waals surface area contributed by atoms with Crippen LogP contribution < -0.4 is 0 Å². The van der Waals surface area contributed by atoms with Gasteiger partial charge in [0, 0.05) is 6.42 Å². The number of aliphatic hydroxyl groups excluding tert-OH is 1. The fourth-order valence-corrected chi connectivity index (χ4v) is 2.40. The molecule has 0 bridgehead atoms. The second kappa shape index (κ2) is 5.98. The topological polar surface area (TPSA) is 20.2 Å². The van der Waals surface area contributed by atoms with Gasteiger partial charge in [0.1, 0.15) is 5.82 Å². The second-order valence-corrected chi connectivity index (χ2v) is 5.02. The van der Waals surface area contributed by atoms with Gasteiger partial charge in [-0.05, 0) is 48.6 Å². The Kier molecular flexibility index (Phi) is 4.33. The van der Waals surface area contributed by atoms with E-state index in [1.807, 2.05) is 32.0 Å². The van der Waals surface area contributed by atoms with Crippen LogP contribution in [-0.4, -0.2) is 11.2 Å². The van der Waals surface area contributed by atoms with Gasteiger partial charge in [0.05, 0.1) is 6.10 Å². The van der Waals surface area contributed by atoms with E-state index >= 15 is 0 Å². The number of halogens is 1. The van der Waals surface area contributed by atoms with Crippen molar-refractivity contribution in [2.75, 3.05) is 0 Å². The summed E-state index contributed by atoms with van der Waals surface area (Å²) in [6, 6.07) is 12.7. The molecule has 1 N–H and O–H groups in total. The summed E-state index contributed by atoms with van der Waals surface area (Å²) in [5, 5.41) is 10.2. The van der Waals surface area contributed by atoms with Gasteiger partial charge in [0.25, 0.3) is 0 Å². The number of hydrogen-bond acceptors (Lipinski definition) is 1. The molecule has 2 heteroatoms. The van der Waals surface area contributed by atoms with Crippen LogP contribution >= 0.6 is 0 Å². The van der Waals surface area contributed by atoms with Crippen LogP contribution in [0.15, 0.2) is 42.5 Å². The van der Waals surface area contributed by atoms with E-state index in [0.717, 1.165) is 5.56 Å². The molecule has 0 aromatic heterocycles. The summed E-state index contributed by atoms with van der Waals surface area (Å²) >= 11 is 0. The maximum atomic E-state index is 13.5. The van der Waals surface area contributed by atoms with Crippen LogP contribution in [0.5, 0.6) is 0 Å². The van der Waals surface area contributed by atoms with Crippen molar-refractivity contribution in [2.45, 2.75) is 32.8 Å². The summed E-state index contributed by atoms with van der Waals surface area (Å²) < 4.78 is 13.5. The van der Waals surface area contributed by atoms with Crippen molar-refractivity contribution >= 4 is 0 Å². The van der Waals surface area contributed by atoms with Gasteiger partial charge in [-0.2, -0.15) is 0 Å². The molecule has 0 heterocycles. The summed E-state index contributed by atoms with van der Waals surface area (Å²) in [4.78, 5) is 0. The van der Waals surface area contributed by atoms with Crippen molar-refractivity contribution in [2.24, 2.45) is 0 Å². The minimum Gasteiger partial charge on any atom is -0.392 e. The minimum atomic E-state index is -0.559. The molecule has 0 radical (unpaired) electrons. The van der Waals surface area contributed by atoms with E-state index in [1.165, 1.54) is 17.2 Å². The first-order valence-corrected chi connectivity index (χ1v) is 6.54. The number of aryl methyl sites for hydroxylation is 2. The molecule has 0 saturated carbocycles. The first-order valence-electron chi connectivity index (χ1n) is 6.54. The molecular formula is C17H19FO. The van der Waals surface area contributed by atoms with Crippen LogP contribution in [0.3, 0.4) is 0 Å². The monoisotopic (exact) mass is 258 g/mol. The Balaban J connectivity index is 2.10. The predicted octanol–water partition coefficient (Wildman–Crippen LogP) is 3.59. The first kappa shape index (κ1) is 13.8. The van der Waals surface area contributed by atoms with E-state index in [1.54, 1.807) is 18.2 Å². The highest BCUT2D eigenvalue weighted by Gasteiger charge is 2.12. The van der Waals surface area contributed by atoms with Crippen LogP contribution in [0.1, 0.15) is 22.3 Å². The molecule has 100 valence electrons. The van der Waals surface area contributed by atoms with Gasteiger partial charge in [-0.1, -0.05) is 36.4 Å². The number of rotatable bonds is 4. The van der Waals surface area contributed by atoms with E-state index in [-0.39, 0.29) is 5.82 Å². The Hall–Kier alpha value is -1.67. The van der Waals surface area contributed by atoms with Gasteiger partial charge < -0.3 is 5.11 Å². The molecule has 0 aliphatic heterocycles. The molecule has 0 fully saturated rings. The fourth-order valence-electron chi connectivity index (χ4n) is 2.40. The summed E-state index contributed by atoms with van der Waals surface area (Å²) in [5.41, 5.74) is 4.08. The third-order valence-electron chi connectivity index (χ3n) is 3.50. The van der Waals surface area contributed by atoms with Crippen molar-refractivity contribution in [1.82, 2.24) is 0 Å². The van der Waals surface area contributed by atoms with Gasteiger partial charge in [0.15, 0.2) is 0 Å². The molecule has 2 aromatic carbocycles. The third kappa shape index (κ3) is 3.42. The predicted molar refractivity (Wildman–Crippen MR) is 75.7 cm³/mol. The molecule has 0 spiro atoms. The molecule has 0 aliphatic rings. The van der Waals surface area contributed by atoms with Crippen LogP contribution in [-0.2, 0) is 12.8 Å². The Morgan fingerprint density at radius 2 is 1.58 bits per heavy atom. The largest absolute Gasteiger partial charge is 0.392 e. The smallest absolute Gasteiger partial charge is 0.126 e. The van der Waals surface area contributed by atoms with E-state index in [4.69, 9.17) is 0 Å². The number of benzene rings is 2. The number of aliphatic hydroxyl groups is 1. The summed E-state index contributed by atoms with van der Waals surface area (Å²) in [6.45, 7) is 4.08. The minimum absolute atomic E-state index is 0.247. The average Bonchev–Trinajstić information content (AvgIpc) is 2.37. The lowest BCUT2D eigenvalue weighted by Gasteiger charge is -2.15. The number of hydrogen-bond donors (Lipinski definition) is 1. The van der Waals surface area contributed by atoms with Gasteiger partial charge in [-0.25, -0.2) is 4.39 Å². The van der Waals surface area contributed by atoms with E-state index in [2.05, 4.69) is 0 Å². The molecule has 1 nitrogen and oxygen atoms in total. The zero-order chi connectivity index (χ0) is 13.8. The molecule has 0 amide bonds. The lowest BCUT2D eigenvalue weighted by atomic mass is 9.95. The highest BCUT2D eigenvalue weighted by molar-refractivity contribution is 5.34.